The van der Waals surface area contributed by atoms with Crippen LogP contribution in [0.3, 0.4) is 0 Å². The van der Waals surface area contributed by atoms with Crippen molar-refractivity contribution >= 4 is 22.8 Å². The Hall–Kier alpha value is -1.55. The first-order valence-corrected chi connectivity index (χ1v) is 6.46. The first-order chi connectivity index (χ1) is 8.93. The highest BCUT2D eigenvalue weighted by Crippen LogP contribution is 2.13. The molecule has 104 valence electrons. The Bertz CT molecular complexity index is 443. The summed E-state index contributed by atoms with van der Waals surface area (Å²) in [6.45, 7) is 3.93. The van der Waals surface area contributed by atoms with Crippen LogP contribution in [-0.4, -0.2) is 24.3 Å². The predicted molar refractivity (Wildman–Crippen MR) is 74.6 cm³/mol. The molecule has 5 heteroatoms. The van der Waals surface area contributed by atoms with E-state index in [0.29, 0.717) is 17.7 Å². The zero-order chi connectivity index (χ0) is 14.4. The van der Waals surface area contributed by atoms with E-state index in [2.05, 4.69) is 5.32 Å². The molecule has 0 aliphatic carbocycles. The molecular weight excluding hydrogens is 266 g/mol. The highest BCUT2D eigenvalue weighted by atomic mass is 35.5. The summed E-state index contributed by atoms with van der Waals surface area (Å²) in [5.41, 5.74) is 0.465. The summed E-state index contributed by atoms with van der Waals surface area (Å²) in [6.07, 6.45) is 0.518. The van der Waals surface area contributed by atoms with E-state index in [-0.39, 0.29) is 11.8 Å². The van der Waals surface area contributed by atoms with E-state index in [9.17, 15) is 9.59 Å². The molecule has 0 aliphatic rings. The lowest BCUT2D eigenvalue weighted by atomic mass is 10.0. The molecule has 1 atom stereocenters. The van der Waals surface area contributed by atoms with Gasteiger partial charge in [-0.15, -0.1) is 0 Å². The van der Waals surface area contributed by atoms with Gasteiger partial charge in [0, 0.05) is 5.56 Å². The van der Waals surface area contributed by atoms with Gasteiger partial charge in [-0.25, -0.2) is 0 Å². The van der Waals surface area contributed by atoms with Gasteiger partial charge in [0.25, 0.3) is 5.91 Å². The molecular formula is C14H18ClNO3. The summed E-state index contributed by atoms with van der Waals surface area (Å²) < 4.78 is 5.01. The molecule has 0 spiro atoms. The van der Waals surface area contributed by atoms with Crippen molar-refractivity contribution < 1.29 is 14.3 Å². The molecule has 0 fully saturated rings. The zero-order valence-corrected chi connectivity index (χ0v) is 12.0. The maximum absolute atomic E-state index is 12.0. The lowest BCUT2D eigenvalue weighted by Crippen LogP contribution is -2.39. The van der Waals surface area contributed by atoms with Crippen molar-refractivity contribution in [3.05, 3.63) is 29.8 Å². The number of carbonyl (C=O) groups is 2. The second-order valence-corrected chi connectivity index (χ2v) is 5.06. The Labute approximate surface area is 118 Å². The standard InChI is InChI=1S/C14H18ClNO3/c1-9(2)8-12(13(15)17)16-14(18)10-4-6-11(19-3)7-5-10/h4-7,9,12H,8H2,1-3H3,(H,16,18). The maximum Gasteiger partial charge on any atom is 0.251 e. The number of amides is 1. The Kier molecular flexibility index (Phi) is 5.83. The summed E-state index contributed by atoms with van der Waals surface area (Å²) >= 11 is 5.49. The van der Waals surface area contributed by atoms with Crippen LogP contribution in [0.1, 0.15) is 30.6 Å². The zero-order valence-electron chi connectivity index (χ0n) is 11.3. The van der Waals surface area contributed by atoms with Gasteiger partial charge in [0.05, 0.1) is 7.11 Å². The average Bonchev–Trinajstić information content (AvgIpc) is 2.37. The minimum Gasteiger partial charge on any atom is -0.497 e. The number of hydrogen-bond donors (Lipinski definition) is 1. The van der Waals surface area contributed by atoms with E-state index in [4.69, 9.17) is 16.3 Å². The molecule has 19 heavy (non-hydrogen) atoms. The third kappa shape index (κ3) is 4.91. The third-order valence-corrected chi connectivity index (χ3v) is 2.90. The molecule has 1 rings (SSSR count). The maximum atomic E-state index is 12.0. The summed E-state index contributed by atoms with van der Waals surface area (Å²) in [7, 11) is 1.56. The lowest BCUT2D eigenvalue weighted by molar-refractivity contribution is -0.113. The van der Waals surface area contributed by atoms with Gasteiger partial charge in [-0.1, -0.05) is 13.8 Å². The number of hydrogen-bond acceptors (Lipinski definition) is 3. The molecule has 0 bridgehead atoms. The van der Waals surface area contributed by atoms with Gasteiger partial charge in [-0.2, -0.15) is 0 Å². The summed E-state index contributed by atoms with van der Waals surface area (Å²) in [6, 6.07) is 6.00. The fourth-order valence-electron chi connectivity index (χ4n) is 1.66. The second kappa shape index (κ2) is 7.14. The number of benzene rings is 1. The first kappa shape index (κ1) is 15.5. The van der Waals surface area contributed by atoms with Crippen LogP contribution in [0.2, 0.25) is 0 Å². The first-order valence-electron chi connectivity index (χ1n) is 6.08. The van der Waals surface area contributed by atoms with Crippen molar-refractivity contribution in [2.45, 2.75) is 26.3 Å². The van der Waals surface area contributed by atoms with E-state index >= 15 is 0 Å². The van der Waals surface area contributed by atoms with Gasteiger partial charge in [0.15, 0.2) is 0 Å². The van der Waals surface area contributed by atoms with Crippen LogP contribution in [0.25, 0.3) is 0 Å². The molecule has 1 unspecified atom stereocenters. The number of halogens is 1. The van der Waals surface area contributed by atoms with Crippen LogP contribution in [-0.2, 0) is 4.79 Å². The molecule has 0 heterocycles. The van der Waals surface area contributed by atoms with Crippen molar-refractivity contribution in [2.75, 3.05) is 7.11 Å². The van der Waals surface area contributed by atoms with Crippen LogP contribution < -0.4 is 10.1 Å². The molecule has 1 N–H and O–H groups in total. The fourth-order valence-corrected chi connectivity index (χ4v) is 1.81. The van der Waals surface area contributed by atoms with E-state index in [1.807, 2.05) is 13.8 Å². The van der Waals surface area contributed by atoms with Crippen molar-refractivity contribution in [2.24, 2.45) is 5.92 Å². The Morgan fingerprint density at radius 1 is 1.26 bits per heavy atom. The Morgan fingerprint density at radius 2 is 1.84 bits per heavy atom. The number of methoxy groups -OCH3 is 1. The van der Waals surface area contributed by atoms with E-state index in [0.717, 1.165) is 0 Å². The minimum atomic E-state index is -0.656. The number of carbonyl (C=O) groups excluding carboxylic acids is 2. The van der Waals surface area contributed by atoms with Gasteiger partial charge >= 0.3 is 0 Å². The lowest BCUT2D eigenvalue weighted by Gasteiger charge is -2.16. The van der Waals surface area contributed by atoms with Gasteiger partial charge in [-0.3, -0.25) is 9.59 Å². The van der Waals surface area contributed by atoms with E-state index < -0.39 is 11.3 Å². The number of rotatable bonds is 6. The SMILES string of the molecule is COc1ccc(C(=O)NC(CC(C)C)C(=O)Cl)cc1. The van der Waals surface area contributed by atoms with E-state index in [1.165, 1.54) is 0 Å². The minimum absolute atomic E-state index is 0.267. The Morgan fingerprint density at radius 3 is 2.26 bits per heavy atom. The van der Waals surface area contributed by atoms with Crippen LogP contribution in [0.4, 0.5) is 0 Å². The predicted octanol–water partition coefficient (Wildman–Crippen LogP) is 2.61. The number of ether oxygens (including phenoxy) is 1. The quantitative estimate of drug-likeness (QED) is 0.817. The topological polar surface area (TPSA) is 55.4 Å². The summed E-state index contributed by atoms with van der Waals surface area (Å²) in [4.78, 5) is 23.3. The van der Waals surface area contributed by atoms with E-state index in [1.54, 1.807) is 31.4 Å². The van der Waals surface area contributed by atoms with Crippen LogP contribution in [0, 0.1) is 5.92 Å². The average molecular weight is 284 g/mol. The second-order valence-electron chi connectivity index (χ2n) is 4.69. The molecule has 1 aromatic carbocycles. The van der Waals surface area contributed by atoms with Crippen LogP contribution in [0.5, 0.6) is 5.75 Å². The van der Waals surface area contributed by atoms with Crippen molar-refractivity contribution in [3.63, 3.8) is 0 Å². The monoisotopic (exact) mass is 283 g/mol. The third-order valence-electron chi connectivity index (χ3n) is 2.64. The highest BCUT2D eigenvalue weighted by molar-refractivity contribution is 6.64. The normalized spacial score (nSPS) is 12.1. The van der Waals surface area contributed by atoms with Crippen molar-refractivity contribution in [1.82, 2.24) is 5.32 Å². The fraction of sp³-hybridized carbons (Fsp3) is 0.429. The largest absolute Gasteiger partial charge is 0.497 e. The van der Waals surface area contributed by atoms with Gasteiger partial charge in [-0.05, 0) is 48.2 Å². The molecule has 0 saturated heterocycles. The molecule has 0 saturated carbocycles. The highest BCUT2D eigenvalue weighted by Gasteiger charge is 2.20. The van der Waals surface area contributed by atoms with Crippen molar-refractivity contribution in [3.8, 4) is 5.75 Å². The molecule has 4 nitrogen and oxygen atoms in total. The van der Waals surface area contributed by atoms with Crippen LogP contribution >= 0.6 is 11.6 Å². The smallest absolute Gasteiger partial charge is 0.251 e. The molecule has 0 aromatic heterocycles. The molecule has 1 amide bonds. The van der Waals surface area contributed by atoms with Crippen LogP contribution in [0.15, 0.2) is 24.3 Å². The van der Waals surface area contributed by atoms with Gasteiger partial charge in [0.1, 0.15) is 11.8 Å². The number of nitrogens with one attached hydrogen (secondary N) is 1. The molecule has 0 radical (unpaired) electrons. The molecule has 1 aromatic rings. The summed E-state index contributed by atoms with van der Waals surface area (Å²) in [5, 5.41) is 2.09. The Balaban J connectivity index is 2.72. The van der Waals surface area contributed by atoms with Crippen molar-refractivity contribution in [1.29, 1.82) is 0 Å². The summed E-state index contributed by atoms with van der Waals surface area (Å²) in [5.74, 6) is 0.620. The van der Waals surface area contributed by atoms with Gasteiger partial charge in [0.2, 0.25) is 5.24 Å². The molecule has 0 aliphatic heterocycles. The van der Waals surface area contributed by atoms with Gasteiger partial charge < -0.3 is 10.1 Å².